The number of fused-ring (bicyclic) bond motifs is 1. The standard InChI is InChI=1S/C26H25N5O2/c1-17-10-18(2)31(30-17)15-19-6-8-20(9-7-19)26(32)29-14-23-11-21-4-3-5-24(25(21)33-23)22-12-27-16-28-13-22/h3-10,12-13,16,23H,11,14-15H2,1-2H3,(H,29,32). The van der Waals surface area contributed by atoms with Crippen LogP contribution in [-0.2, 0) is 13.0 Å². The van der Waals surface area contributed by atoms with Gasteiger partial charge in [0.25, 0.3) is 5.91 Å². The summed E-state index contributed by atoms with van der Waals surface area (Å²) in [5, 5.41) is 7.51. The molecule has 4 aromatic rings. The molecule has 5 rings (SSSR count). The lowest BCUT2D eigenvalue weighted by molar-refractivity contribution is 0.0933. The van der Waals surface area contributed by atoms with Crippen molar-refractivity contribution >= 4 is 5.91 Å². The van der Waals surface area contributed by atoms with Gasteiger partial charge in [-0.1, -0.05) is 30.3 Å². The van der Waals surface area contributed by atoms with Crippen molar-refractivity contribution < 1.29 is 9.53 Å². The molecule has 1 amide bonds. The van der Waals surface area contributed by atoms with E-state index >= 15 is 0 Å². The highest BCUT2D eigenvalue weighted by molar-refractivity contribution is 5.94. The zero-order valence-corrected chi connectivity index (χ0v) is 18.7. The van der Waals surface area contributed by atoms with E-state index in [0.717, 1.165) is 45.8 Å². The highest BCUT2D eigenvalue weighted by Crippen LogP contribution is 2.38. The second-order valence-corrected chi connectivity index (χ2v) is 8.36. The molecule has 7 heteroatoms. The predicted molar refractivity (Wildman–Crippen MR) is 125 cm³/mol. The molecular weight excluding hydrogens is 414 g/mol. The lowest BCUT2D eigenvalue weighted by atomic mass is 10.0. The molecule has 0 saturated carbocycles. The number of nitrogens with one attached hydrogen (secondary N) is 1. The van der Waals surface area contributed by atoms with E-state index in [9.17, 15) is 4.79 Å². The number of benzene rings is 2. The second-order valence-electron chi connectivity index (χ2n) is 8.36. The third-order valence-electron chi connectivity index (χ3n) is 5.84. The van der Waals surface area contributed by atoms with Crippen molar-refractivity contribution in [3.05, 3.63) is 95.3 Å². The maximum absolute atomic E-state index is 12.7. The van der Waals surface area contributed by atoms with Crippen molar-refractivity contribution in [2.75, 3.05) is 6.54 Å². The molecule has 0 aliphatic carbocycles. The van der Waals surface area contributed by atoms with Crippen molar-refractivity contribution in [2.45, 2.75) is 32.9 Å². The minimum absolute atomic E-state index is 0.107. The van der Waals surface area contributed by atoms with E-state index in [4.69, 9.17) is 4.74 Å². The molecule has 2 aromatic heterocycles. The van der Waals surface area contributed by atoms with Crippen LogP contribution in [0.5, 0.6) is 5.75 Å². The number of rotatable bonds is 6. The van der Waals surface area contributed by atoms with Gasteiger partial charge in [-0.2, -0.15) is 5.10 Å². The Hall–Kier alpha value is -4.00. The molecule has 0 spiro atoms. The van der Waals surface area contributed by atoms with Crippen LogP contribution in [0.3, 0.4) is 0 Å². The summed E-state index contributed by atoms with van der Waals surface area (Å²) in [4.78, 5) is 20.9. The van der Waals surface area contributed by atoms with Crippen LogP contribution in [0.4, 0.5) is 0 Å². The van der Waals surface area contributed by atoms with E-state index in [1.54, 1.807) is 12.4 Å². The summed E-state index contributed by atoms with van der Waals surface area (Å²) in [6.07, 6.45) is 5.70. The maximum atomic E-state index is 12.7. The van der Waals surface area contributed by atoms with Crippen molar-refractivity contribution in [2.24, 2.45) is 0 Å². The van der Waals surface area contributed by atoms with Gasteiger partial charge in [0, 0.05) is 41.2 Å². The third kappa shape index (κ3) is 4.48. The summed E-state index contributed by atoms with van der Waals surface area (Å²) >= 11 is 0. The van der Waals surface area contributed by atoms with Crippen LogP contribution >= 0.6 is 0 Å². The zero-order chi connectivity index (χ0) is 22.8. The van der Waals surface area contributed by atoms with Crippen LogP contribution in [-0.4, -0.2) is 38.3 Å². The van der Waals surface area contributed by atoms with E-state index in [0.29, 0.717) is 18.7 Å². The number of hydrogen-bond acceptors (Lipinski definition) is 5. The highest BCUT2D eigenvalue weighted by Gasteiger charge is 2.26. The molecular formula is C26H25N5O2. The van der Waals surface area contributed by atoms with E-state index in [-0.39, 0.29) is 12.0 Å². The van der Waals surface area contributed by atoms with E-state index in [1.165, 1.54) is 6.33 Å². The minimum Gasteiger partial charge on any atom is -0.487 e. The lowest BCUT2D eigenvalue weighted by Crippen LogP contribution is -2.34. The molecule has 0 bridgehead atoms. The Morgan fingerprint density at radius 2 is 1.91 bits per heavy atom. The van der Waals surface area contributed by atoms with Crippen LogP contribution in [0.15, 0.2) is 67.3 Å². The average molecular weight is 440 g/mol. The lowest BCUT2D eigenvalue weighted by Gasteiger charge is -2.14. The van der Waals surface area contributed by atoms with Crippen LogP contribution in [0.1, 0.15) is 32.9 Å². The van der Waals surface area contributed by atoms with Crippen molar-refractivity contribution in [1.29, 1.82) is 0 Å². The highest BCUT2D eigenvalue weighted by atomic mass is 16.5. The summed E-state index contributed by atoms with van der Waals surface area (Å²) < 4.78 is 8.17. The SMILES string of the molecule is Cc1cc(C)n(Cc2ccc(C(=O)NCC3Cc4cccc(-c5cncnc5)c4O3)cc2)n1. The fourth-order valence-electron chi connectivity index (χ4n) is 4.20. The molecule has 1 atom stereocenters. The van der Waals surface area contributed by atoms with Crippen LogP contribution in [0, 0.1) is 13.8 Å². The van der Waals surface area contributed by atoms with Crippen molar-refractivity contribution in [1.82, 2.24) is 25.1 Å². The molecule has 7 nitrogen and oxygen atoms in total. The van der Waals surface area contributed by atoms with Gasteiger partial charge in [0.2, 0.25) is 0 Å². The van der Waals surface area contributed by atoms with Gasteiger partial charge in [-0.05, 0) is 43.2 Å². The molecule has 1 unspecified atom stereocenters. The Labute approximate surface area is 192 Å². The largest absolute Gasteiger partial charge is 0.487 e. The molecule has 166 valence electrons. The summed E-state index contributed by atoms with van der Waals surface area (Å²) in [6.45, 7) is 5.15. The Morgan fingerprint density at radius 3 is 2.64 bits per heavy atom. The van der Waals surface area contributed by atoms with Gasteiger partial charge in [-0.15, -0.1) is 0 Å². The Bertz CT molecular complexity index is 1280. The fraction of sp³-hybridized carbons (Fsp3) is 0.231. The fourth-order valence-corrected chi connectivity index (χ4v) is 4.20. The molecule has 0 saturated heterocycles. The van der Waals surface area contributed by atoms with Gasteiger partial charge in [0.15, 0.2) is 0 Å². The predicted octanol–water partition coefficient (Wildman–Crippen LogP) is 3.74. The normalized spacial score (nSPS) is 14.5. The third-order valence-corrected chi connectivity index (χ3v) is 5.84. The number of nitrogens with zero attached hydrogens (tertiary/aromatic N) is 4. The van der Waals surface area contributed by atoms with Crippen molar-refractivity contribution in [3.8, 4) is 16.9 Å². The number of carbonyl (C=O) groups is 1. The van der Waals surface area contributed by atoms with Crippen molar-refractivity contribution in [3.63, 3.8) is 0 Å². The number of aromatic nitrogens is 4. The Morgan fingerprint density at radius 1 is 1.12 bits per heavy atom. The van der Waals surface area contributed by atoms with Gasteiger partial charge >= 0.3 is 0 Å². The second kappa shape index (κ2) is 8.86. The molecule has 0 fully saturated rings. The number of ether oxygens (including phenoxy) is 1. The van der Waals surface area contributed by atoms with Crippen LogP contribution in [0.25, 0.3) is 11.1 Å². The Balaban J connectivity index is 1.20. The van der Waals surface area contributed by atoms with E-state index < -0.39 is 0 Å². The molecule has 3 heterocycles. The number of aryl methyl sites for hydroxylation is 2. The Kier molecular flexibility index (Phi) is 5.60. The van der Waals surface area contributed by atoms with E-state index in [1.807, 2.05) is 54.9 Å². The number of para-hydroxylation sites is 1. The van der Waals surface area contributed by atoms with Gasteiger partial charge in [-0.25, -0.2) is 9.97 Å². The molecule has 1 aliphatic heterocycles. The number of amides is 1. The first-order chi connectivity index (χ1) is 16.1. The molecule has 2 aromatic carbocycles. The topological polar surface area (TPSA) is 81.9 Å². The number of hydrogen-bond donors (Lipinski definition) is 1. The van der Waals surface area contributed by atoms with Gasteiger partial charge in [-0.3, -0.25) is 9.48 Å². The molecule has 1 aliphatic rings. The minimum atomic E-state index is -0.111. The van der Waals surface area contributed by atoms with Crippen LogP contribution in [0.2, 0.25) is 0 Å². The maximum Gasteiger partial charge on any atom is 0.251 e. The zero-order valence-electron chi connectivity index (χ0n) is 18.7. The van der Waals surface area contributed by atoms with Gasteiger partial charge in [0.05, 0.1) is 18.8 Å². The van der Waals surface area contributed by atoms with Gasteiger partial charge < -0.3 is 10.1 Å². The average Bonchev–Trinajstić information content (AvgIpc) is 3.40. The first-order valence-corrected chi connectivity index (χ1v) is 11.0. The summed E-state index contributed by atoms with van der Waals surface area (Å²) in [7, 11) is 0. The molecule has 0 radical (unpaired) electrons. The van der Waals surface area contributed by atoms with Gasteiger partial charge in [0.1, 0.15) is 18.2 Å². The number of carbonyl (C=O) groups excluding carboxylic acids is 1. The quantitative estimate of drug-likeness (QED) is 0.495. The smallest absolute Gasteiger partial charge is 0.251 e. The monoisotopic (exact) mass is 439 g/mol. The molecule has 33 heavy (non-hydrogen) atoms. The summed E-state index contributed by atoms with van der Waals surface area (Å²) in [5.74, 6) is 0.740. The first-order valence-electron chi connectivity index (χ1n) is 11.0. The first kappa shape index (κ1) is 20.9. The summed E-state index contributed by atoms with van der Waals surface area (Å²) in [5.41, 5.74) is 6.87. The van der Waals surface area contributed by atoms with E-state index in [2.05, 4.69) is 32.5 Å². The molecule has 1 N–H and O–H groups in total. The summed E-state index contributed by atoms with van der Waals surface area (Å²) in [6, 6.07) is 15.8. The van der Waals surface area contributed by atoms with Crippen LogP contribution < -0.4 is 10.1 Å².